The van der Waals surface area contributed by atoms with Crippen molar-refractivity contribution in [2.24, 2.45) is 0 Å². The van der Waals surface area contributed by atoms with Gasteiger partial charge in [-0.1, -0.05) is 65.5 Å². The molecule has 0 heterocycles. The summed E-state index contributed by atoms with van der Waals surface area (Å²) in [5.74, 6) is 0. The number of unbranched alkanes of at least 4 members (excludes halogenated alkanes) is 3. The Balaban J connectivity index is -0.00000000180. The van der Waals surface area contributed by atoms with Crippen molar-refractivity contribution in [3.05, 3.63) is 12.8 Å². The van der Waals surface area contributed by atoms with Crippen molar-refractivity contribution in [1.82, 2.24) is 0 Å². The number of hydrogen-bond acceptors (Lipinski definition) is 1. The molecule has 0 saturated heterocycles. The molecule has 0 aliphatic carbocycles. The monoisotopic (exact) mass is 1120 g/mol. The van der Waals surface area contributed by atoms with E-state index in [-0.39, 0.29) is 379 Å². The van der Waals surface area contributed by atoms with Gasteiger partial charge in [-0.15, -0.1) is 0 Å². The molecular formula is C14H42OY10-2. The Bertz CT molecular complexity index is 54.6. The standard InChI is InChI=1S/C7H14O.7CH4.10Y/c1-3-4-5-6-7-8-2;;;;;;;;;;;;;;;;;/h4,6H,3,5,7H2,1-2H3;7*1H4;;;;;;;;;;/q-2;;;;;;;;;;;;;;;;;. The van der Waals surface area contributed by atoms with Gasteiger partial charge in [-0.3, -0.25) is 0 Å². The third-order valence-corrected chi connectivity index (χ3v) is 0.907. The van der Waals surface area contributed by atoms with Gasteiger partial charge >= 0.3 is 0 Å². The smallest absolute Gasteiger partial charge is 0.0319 e. The van der Waals surface area contributed by atoms with E-state index in [0.29, 0.717) is 0 Å². The van der Waals surface area contributed by atoms with Gasteiger partial charge in [-0.25, -0.2) is 0 Å². The maximum atomic E-state index is 4.81. The van der Waals surface area contributed by atoms with Crippen molar-refractivity contribution < 1.29 is 332 Å². The number of ether oxygens (including phenoxy) is 1. The summed E-state index contributed by atoms with van der Waals surface area (Å²) in [6, 6.07) is 0. The van der Waals surface area contributed by atoms with Gasteiger partial charge in [-0.05, 0) is 0 Å². The summed E-state index contributed by atoms with van der Waals surface area (Å²) < 4.78 is 4.81. The molecule has 136 valence electrons. The van der Waals surface area contributed by atoms with E-state index < -0.39 is 0 Å². The van der Waals surface area contributed by atoms with Gasteiger partial charge in [0, 0.05) is 334 Å². The zero-order valence-corrected chi connectivity index (χ0v) is 39.8. The van der Waals surface area contributed by atoms with Crippen LogP contribution in [-0.2, 0) is 332 Å². The summed E-state index contributed by atoms with van der Waals surface area (Å²) in [5, 5.41) is 0. The zero-order valence-electron chi connectivity index (χ0n) is 11.5. The second-order valence-corrected chi connectivity index (χ2v) is 1.68. The fourth-order valence-electron chi connectivity index (χ4n) is 0.470. The van der Waals surface area contributed by atoms with Crippen molar-refractivity contribution in [2.45, 2.75) is 71.8 Å². The fourth-order valence-corrected chi connectivity index (χ4v) is 0.470. The van der Waals surface area contributed by atoms with Gasteiger partial charge in [-0.2, -0.15) is 6.42 Å². The fraction of sp³-hybridized carbons (Fsp3) is 0.857. The quantitative estimate of drug-likeness (QED) is 0.234. The van der Waals surface area contributed by atoms with E-state index in [1.54, 1.807) is 7.11 Å². The van der Waals surface area contributed by atoms with Crippen molar-refractivity contribution >= 4 is 0 Å². The summed E-state index contributed by atoms with van der Waals surface area (Å²) in [5.41, 5.74) is 0. The molecule has 0 amide bonds. The maximum Gasteiger partial charge on any atom is 0.0319 e. The van der Waals surface area contributed by atoms with Crippen LogP contribution in [0.4, 0.5) is 0 Å². The Morgan fingerprint density at radius 3 is 0.920 bits per heavy atom. The Kier molecular flexibility index (Phi) is 762. The van der Waals surface area contributed by atoms with Crippen LogP contribution >= 0.6 is 0 Å². The summed E-state index contributed by atoms with van der Waals surface area (Å²) in [4.78, 5) is 0. The normalized spacial score (nSPS) is 3.12. The van der Waals surface area contributed by atoms with Gasteiger partial charge in [0.1, 0.15) is 0 Å². The van der Waals surface area contributed by atoms with E-state index in [0.717, 1.165) is 19.4 Å². The predicted molar refractivity (Wildman–Crippen MR) is 82.5 cm³/mol. The molecule has 1 nitrogen and oxygen atoms in total. The molecule has 0 saturated carbocycles. The van der Waals surface area contributed by atoms with Crippen molar-refractivity contribution in [2.75, 3.05) is 13.7 Å². The van der Waals surface area contributed by atoms with E-state index in [1.165, 1.54) is 0 Å². The molecule has 0 spiro atoms. The first-order valence-corrected chi connectivity index (χ1v) is 3.04. The maximum absolute atomic E-state index is 4.81. The summed E-state index contributed by atoms with van der Waals surface area (Å²) in [6.45, 7) is 2.91. The van der Waals surface area contributed by atoms with Gasteiger partial charge in [0.2, 0.25) is 0 Å². The molecule has 0 atom stereocenters. The SMILES string of the molecule is C.C.C.C.C.C.C.CC[CH-]C[CH-]COC.[Y].[Y].[Y].[Y].[Y].[Y].[Y].[Y].[Y].[Y]. The van der Waals surface area contributed by atoms with E-state index in [9.17, 15) is 0 Å². The second-order valence-electron chi connectivity index (χ2n) is 1.68. The van der Waals surface area contributed by atoms with E-state index >= 15 is 0 Å². The third kappa shape index (κ3) is 149. The molecule has 0 aromatic rings. The number of rotatable bonds is 5. The molecule has 0 fully saturated rings. The predicted octanol–water partition coefficient (Wildman–Crippen LogP) is 6.27. The van der Waals surface area contributed by atoms with E-state index in [4.69, 9.17) is 4.74 Å². The van der Waals surface area contributed by atoms with Crippen molar-refractivity contribution in [3.8, 4) is 0 Å². The third-order valence-electron chi connectivity index (χ3n) is 0.907. The van der Waals surface area contributed by atoms with Crippen LogP contribution in [-0.4, -0.2) is 13.7 Å². The van der Waals surface area contributed by atoms with Crippen LogP contribution < -0.4 is 0 Å². The molecule has 0 aliphatic rings. The Morgan fingerprint density at radius 1 is 0.520 bits per heavy atom. The first kappa shape index (κ1) is 136. The van der Waals surface area contributed by atoms with Gasteiger partial charge < -0.3 is 24.0 Å². The van der Waals surface area contributed by atoms with Crippen LogP contribution in [0.1, 0.15) is 71.8 Å². The van der Waals surface area contributed by atoms with Gasteiger partial charge in [0.15, 0.2) is 0 Å². The first-order chi connectivity index (χ1) is 3.91. The average Bonchev–Trinajstić information content (AvgIpc) is 1.81. The molecule has 10 radical (unpaired) electrons. The van der Waals surface area contributed by atoms with Crippen molar-refractivity contribution in [3.63, 3.8) is 0 Å². The van der Waals surface area contributed by atoms with E-state index in [1.807, 2.05) is 0 Å². The summed E-state index contributed by atoms with van der Waals surface area (Å²) in [7, 11) is 1.71. The van der Waals surface area contributed by atoms with Crippen LogP contribution in [0.2, 0.25) is 0 Å². The molecule has 0 unspecified atom stereocenters. The largest absolute Gasteiger partial charge is 0.416 e. The summed E-state index contributed by atoms with van der Waals surface area (Å²) in [6.07, 6.45) is 6.56. The second kappa shape index (κ2) is 140. The Morgan fingerprint density at radius 2 is 0.760 bits per heavy atom. The van der Waals surface area contributed by atoms with Crippen LogP contribution in [0.25, 0.3) is 0 Å². The van der Waals surface area contributed by atoms with Crippen LogP contribution in [0, 0.1) is 12.8 Å². The van der Waals surface area contributed by atoms with Gasteiger partial charge in [0.05, 0.1) is 0 Å². The molecule has 0 aromatic carbocycles. The molecular weight excluding hydrogens is 1070 g/mol. The molecule has 0 bridgehead atoms. The molecule has 0 rings (SSSR count). The van der Waals surface area contributed by atoms with Crippen LogP contribution in [0.5, 0.6) is 0 Å². The topological polar surface area (TPSA) is 9.23 Å². The zero-order chi connectivity index (χ0) is 6.24. The minimum Gasteiger partial charge on any atom is -0.416 e. The molecule has 25 heavy (non-hydrogen) atoms. The minimum absolute atomic E-state index is 0. The molecule has 0 aromatic heterocycles. The molecule has 0 N–H and O–H groups in total. The first-order valence-electron chi connectivity index (χ1n) is 3.04. The minimum atomic E-state index is 0. The molecule has 11 heteroatoms. The average molecular weight is 1120 g/mol. The number of hydrogen-bond donors (Lipinski definition) is 0. The molecule has 0 aliphatic heterocycles. The Hall–Kier alpha value is 11.0. The van der Waals surface area contributed by atoms with E-state index in [2.05, 4.69) is 19.8 Å². The Labute approximate surface area is 417 Å². The van der Waals surface area contributed by atoms with Crippen LogP contribution in [0.15, 0.2) is 0 Å². The van der Waals surface area contributed by atoms with Gasteiger partial charge in [0.25, 0.3) is 0 Å². The van der Waals surface area contributed by atoms with Crippen LogP contribution in [0.3, 0.4) is 0 Å². The number of methoxy groups -OCH3 is 1. The summed E-state index contributed by atoms with van der Waals surface area (Å²) >= 11 is 0. The van der Waals surface area contributed by atoms with Crippen molar-refractivity contribution in [1.29, 1.82) is 0 Å².